The smallest absolute Gasteiger partial charge is 0.172 e. The van der Waals surface area contributed by atoms with Gasteiger partial charge in [0, 0.05) is 31.1 Å². The highest BCUT2D eigenvalue weighted by Gasteiger charge is 2.23. The molecule has 6 nitrogen and oxygen atoms in total. The maximum absolute atomic E-state index is 12.0. The summed E-state index contributed by atoms with van der Waals surface area (Å²) in [5, 5.41) is 37.9. The van der Waals surface area contributed by atoms with Crippen molar-refractivity contribution in [3.05, 3.63) is 17.2 Å². The first-order valence-corrected chi connectivity index (χ1v) is 5.86. The van der Waals surface area contributed by atoms with E-state index in [1.54, 1.807) is 0 Å². The summed E-state index contributed by atoms with van der Waals surface area (Å²) in [4.78, 5) is 12.0. The number of carbonyl (C=O) groups excluding carboxylic acids is 1. The first-order chi connectivity index (χ1) is 8.92. The third kappa shape index (κ3) is 3.36. The van der Waals surface area contributed by atoms with Crippen molar-refractivity contribution in [3.63, 3.8) is 0 Å². The summed E-state index contributed by atoms with van der Waals surface area (Å²) in [5.41, 5.74) is -0.0121. The molecule has 0 spiro atoms. The number of phenols is 2. The number of rotatable bonds is 6. The second kappa shape index (κ2) is 6.40. The summed E-state index contributed by atoms with van der Waals surface area (Å²) >= 11 is 0. The molecule has 4 N–H and O–H groups in total. The first kappa shape index (κ1) is 15.3. The Balaban J connectivity index is 3.34. The van der Waals surface area contributed by atoms with Crippen LogP contribution in [0.25, 0.3) is 0 Å². The van der Waals surface area contributed by atoms with E-state index in [4.69, 9.17) is 9.84 Å². The average Bonchev–Trinajstić information content (AvgIpc) is 2.32. The largest absolute Gasteiger partial charge is 0.507 e. The van der Waals surface area contributed by atoms with Gasteiger partial charge in [-0.2, -0.15) is 0 Å². The molecule has 0 aromatic heterocycles. The van der Waals surface area contributed by atoms with Crippen LogP contribution in [0.15, 0.2) is 6.07 Å². The third-order valence-electron chi connectivity index (χ3n) is 2.69. The molecule has 6 heteroatoms. The second-order valence-corrected chi connectivity index (χ2v) is 4.25. The maximum Gasteiger partial charge on any atom is 0.172 e. The molecule has 1 rings (SSSR count). The number of Topliss-reactive ketones (excluding diaryl/α,β-unsaturated/α-hetero) is 1. The molecule has 106 valence electrons. The number of benzene rings is 1. The molecule has 1 atom stereocenters. The van der Waals surface area contributed by atoms with Gasteiger partial charge in [-0.05, 0) is 6.92 Å². The molecular formula is C13H18O6. The molecule has 0 aliphatic carbocycles. The molecule has 0 fully saturated rings. The fraction of sp³-hybridized carbons (Fsp3) is 0.462. The highest BCUT2D eigenvalue weighted by molar-refractivity contribution is 6.02. The first-order valence-electron chi connectivity index (χ1n) is 5.86. The molecule has 0 aliphatic heterocycles. The predicted molar refractivity (Wildman–Crippen MR) is 67.7 cm³/mol. The molecule has 1 unspecified atom stereocenters. The monoisotopic (exact) mass is 270 g/mol. The maximum atomic E-state index is 12.0. The normalized spacial score (nSPS) is 12.2. The number of methoxy groups -OCH3 is 1. The molecule has 1 aromatic carbocycles. The summed E-state index contributed by atoms with van der Waals surface area (Å²) in [7, 11) is 1.30. The van der Waals surface area contributed by atoms with Crippen LogP contribution in [0, 0.1) is 0 Å². The zero-order valence-electron chi connectivity index (χ0n) is 10.9. The van der Waals surface area contributed by atoms with E-state index in [9.17, 15) is 20.1 Å². The third-order valence-corrected chi connectivity index (χ3v) is 2.69. The summed E-state index contributed by atoms with van der Waals surface area (Å²) in [5.74, 6) is -1.14. The number of aromatic hydroxyl groups is 2. The van der Waals surface area contributed by atoms with Gasteiger partial charge in [0.15, 0.2) is 5.78 Å². The van der Waals surface area contributed by atoms with Crippen molar-refractivity contribution in [3.8, 4) is 17.2 Å². The lowest BCUT2D eigenvalue weighted by Crippen LogP contribution is -2.12. The molecule has 0 heterocycles. The quantitative estimate of drug-likeness (QED) is 0.564. The molecule has 0 amide bonds. The number of carbonyl (C=O) groups is 1. The van der Waals surface area contributed by atoms with Crippen LogP contribution in [0.2, 0.25) is 0 Å². The molecular weight excluding hydrogens is 252 g/mol. The van der Waals surface area contributed by atoms with Crippen molar-refractivity contribution in [2.24, 2.45) is 0 Å². The van der Waals surface area contributed by atoms with E-state index < -0.39 is 17.6 Å². The molecule has 1 aromatic rings. The van der Waals surface area contributed by atoms with Crippen LogP contribution in [-0.2, 0) is 6.42 Å². The molecule has 0 radical (unpaired) electrons. The van der Waals surface area contributed by atoms with Crippen LogP contribution in [0.1, 0.15) is 29.3 Å². The Morgan fingerprint density at radius 1 is 1.42 bits per heavy atom. The Morgan fingerprint density at radius 3 is 2.53 bits per heavy atom. The van der Waals surface area contributed by atoms with E-state index in [1.165, 1.54) is 20.1 Å². The molecule has 0 aliphatic rings. The SMILES string of the molecule is COc1cc(O)c(CCO)c(O)c1C(=O)CC(C)O. The Morgan fingerprint density at radius 2 is 2.05 bits per heavy atom. The van der Waals surface area contributed by atoms with Gasteiger partial charge >= 0.3 is 0 Å². The van der Waals surface area contributed by atoms with Crippen molar-refractivity contribution >= 4 is 5.78 Å². The van der Waals surface area contributed by atoms with Gasteiger partial charge in [-0.1, -0.05) is 0 Å². The van der Waals surface area contributed by atoms with Gasteiger partial charge in [-0.25, -0.2) is 0 Å². The van der Waals surface area contributed by atoms with Gasteiger partial charge in [-0.15, -0.1) is 0 Å². The molecule has 0 bridgehead atoms. The van der Waals surface area contributed by atoms with Crippen LogP contribution in [0.5, 0.6) is 17.2 Å². The van der Waals surface area contributed by atoms with E-state index in [-0.39, 0.29) is 42.1 Å². The van der Waals surface area contributed by atoms with Crippen molar-refractivity contribution in [1.29, 1.82) is 0 Å². The van der Waals surface area contributed by atoms with Crippen LogP contribution in [0.4, 0.5) is 0 Å². The lowest BCUT2D eigenvalue weighted by molar-refractivity contribution is 0.0895. The van der Waals surface area contributed by atoms with E-state index in [1.807, 2.05) is 0 Å². The van der Waals surface area contributed by atoms with Gasteiger partial charge in [0.05, 0.1) is 13.2 Å². The van der Waals surface area contributed by atoms with Crippen molar-refractivity contribution < 1.29 is 30.0 Å². The van der Waals surface area contributed by atoms with Crippen molar-refractivity contribution in [1.82, 2.24) is 0 Å². The molecule has 19 heavy (non-hydrogen) atoms. The average molecular weight is 270 g/mol. The zero-order valence-corrected chi connectivity index (χ0v) is 10.9. The summed E-state index contributed by atoms with van der Waals surface area (Å²) < 4.78 is 4.96. The minimum atomic E-state index is -0.855. The number of phenolic OH excluding ortho intramolecular Hbond substituents is 2. The van der Waals surface area contributed by atoms with Crippen LogP contribution in [-0.4, -0.2) is 46.0 Å². The van der Waals surface area contributed by atoms with Crippen LogP contribution >= 0.6 is 0 Å². The Hall–Kier alpha value is -1.79. The number of hydrogen-bond donors (Lipinski definition) is 4. The Kier molecular flexibility index (Phi) is 5.14. The Labute approximate surface area is 110 Å². The highest BCUT2D eigenvalue weighted by atomic mass is 16.5. The predicted octanol–water partition coefficient (Wildman–Crippen LogP) is 0.595. The summed E-state index contributed by atoms with van der Waals surface area (Å²) in [6.07, 6.45) is -1.02. The van der Waals surface area contributed by atoms with Gasteiger partial charge in [-0.3, -0.25) is 4.79 Å². The number of ether oxygens (including phenoxy) is 1. The number of ketones is 1. The number of hydrogen-bond acceptors (Lipinski definition) is 6. The van der Waals surface area contributed by atoms with E-state index in [0.29, 0.717) is 0 Å². The van der Waals surface area contributed by atoms with Crippen molar-refractivity contribution in [2.75, 3.05) is 13.7 Å². The molecule has 0 saturated heterocycles. The van der Waals surface area contributed by atoms with Gasteiger partial charge in [0.1, 0.15) is 22.8 Å². The van der Waals surface area contributed by atoms with E-state index in [2.05, 4.69) is 0 Å². The lowest BCUT2D eigenvalue weighted by Gasteiger charge is -2.15. The fourth-order valence-corrected chi connectivity index (χ4v) is 1.83. The summed E-state index contributed by atoms with van der Waals surface area (Å²) in [6, 6.07) is 1.21. The van der Waals surface area contributed by atoms with Gasteiger partial charge in [0.2, 0.25) is 0 Å². The van der Waals surface area contributed by atoms with Gasteiger partial charge in [0.25, 0.3) is 0 Å². The number of aliphatic hydroxyl groups is 2. The lowest BCUT2D eigenvalue weighted by atomic mass is 9.98. The standard InChI is InChI=1S/C13H18O6/c1-7(15)5-10(17)12-11(19-2)6-9(16)8(3-4-14)13(12)18/h6-7,14-16,18H,3-5H2,1-2H3. The van der Waals surface area contributed by atoms with Crippen molar-refractivity contribution in [2.45, 2.75) is 25.9 Å². The van der Waals surface area contributed by atoms with E-state index in [0.717, 1.165) is 0 Å². The fourth-order valence-electron chi connectivity index (χ4n) is 1.83. The molecule has 0 saturated carbocycles. The summed E-state index contributed by atoms with van der Waals surface area (Å²) in [6.45, 7) is 1.17. The topological polar surface area (TPSA) is 107 Å². The minimum Gasteiger partial charge on any atom is -0.507 e. The Bertz CT molecular complexity index is 467. The van der Waals surface area contributed by atoms with Crippen LogP contribution < -0.4 is 4.74 Å². The van der Waals surface area contributed by atoms with E-state index >= 15 is 0 Å². The second-order valence-electron chi connectivity index (χ2n) is 4.25. The van der Waals surface area contributed by atoms with Gasteiger partial charge < -0.3 is 25.2 Å². The minimum absolute atomic E-state index is 0.0105. The number of aliphatic hydroxyl groups excluding tert-OH is 2. The highest BCUT2D eigenvalue weighted by Crippen LogP contribution is 2.39. The van der Waals surface area contributed by atoms with Crippen LogP contribution in [0.3, 0.4) is 0 Å². The zero-order chi connectivity index (χ0) is 14.6.